The molecular weight excluding hydrogens is 313 g/mol. The second-order valence-corrected chi connectivity index (χ2v) is 5.03. The third-order valence-corrected chi connectivity index (χ3v) is 4.06. The quantitative estimate of drug-likeness (QED) is 0.366. The number of alkyl halides is 4. The number of hydrogen-bond acceptors (Lipinski definition) is 1. The van der Waals surface area contributed by atoms with E-state index in [4.69, 9.17) is 23.2 Å². The molecule has 94 valence electrons. The van der Waals surface area contributed by atoms with Crippen LogP contribution < -0.4 is 0 Å². The maximum atomic E-state index is 13.3. The normalized spacial score (nSPS) is 20.5. The van der Waals surface area contributed by atoms with Crippen LogP contribution in [-0.2, 0) is 5.92 Å². The molecule has 0 nitrogen and oxygen atoms in total. The number of fused-ring (bicyclic) bond motifs is 1. The summed E-state index contributed by atoms with van der Waals surface area (Å²) in [7, 11) is 0. The van der Waals surface area contributed by atoms with Crippen LogP contribution in [-0.4, -0.2) is 5.25 Å². The second-order valence-electron chi connectivity index (χ2n) is 3.15. The average molecular weight is 313 g/mol. The molecule has 0 spiro atoms. The monoisotopic (exact) mass is 312 g/mol. The fourth-order valence-electron chi connectivity index (χ4n) is 1.33. The molecule has 1 aromatic carbocycles. The largest absolute Gasteiger partial charge is 0.365 e. The summed E-state index contributed by atoms with van der Waals surface area (Å²) in [5.74, 6) is -8.25. The summed E-state index contributed by atoms with van der Waals surface area (Å²) in [5, 5.41) is -6.96. The highest BCUT2D eigenvalue weighted by atomic mass is 35.5. The number of benzene rings is 1. The van der Waals surface area contributed by atoms with E-state index in [1.54, 1.807) is 0 Å². The molecule has 0 aromatic heterocycles. The fourth-order valence-corrected chi connectivity index (χ4v) is 2.85. The molecule has 17 heavy (non-hydrogen) atoms. The lowest BCUT2D eigenvalue weighted by molar-refractivity contribution is -0.156. The topological polar surface area (TPSA) is 0 Å². The Morgan fingerprint density at radius 3 is 1.94 bits per heavy atom. The van der Waals surface area contributed by atoms with Crippen LogP contribution in [0.15, 0.2) is 4.90 Å². The van der Waals surface area contributed by atoms with Gasteiger partial charge in [0, 0.05) is 4.90 Å². The van der Waals surface area contributed by atoms with Gasteiger partial charge in [0.05, 0.1) is 10.6 Å². The Morgan fingerprint density at radius 1 is 0.882 bits per heavy atom. The van der Waals surface area contributed by atoms with Gasteiger partial charge in [-0.2, -0.15) is 17.6 Å². The zero-order valence-electron chi connectivity index (χ0n) is 7.43. The second kappa shape index (κ2) is 3.61. The summed E-state index contributed by atoms with van der Waals surface area (Å²) in [6.07, 6.45) is 0. The summed E-state index contributed by atoms with van der Waals surface area (Å²) in [6, 6.07) is 0. The molecular formula is C8Cl2F6S. The first-order valence-corrected chi connectivity index (χ1v) is 5.49. The van der Waals surface area contributed by atoms with Crippen LogP contribution in [0.2, 0.25) is 10.0 Å². The molecule has 0 radical (unpaired) electrons. The molecule has 0 aliphatic carbocycles. The van der Waals surface area contributed by atoms with Crippen molar-refractivity contribution < 1.29 is 26.3 Å². The Hall–Kier alpha value is -0.270. The molecule has 0 fully saturated rings. The number of rotatable bonds is 0. The molecule has 0 saturated heterocycles. The maximum absolute atomic E-state index is 13.3. The molecule has 9 heteroatoms. The van der Waals surface area contributed by atoms with Gasteiger partial charge in [0.15, 0.2) is 11.6 Å². The molecule has 0 bridgehead atoms. The lowest BCUT2D eigenvalue weighted by Crippen LogP contribution is -2.30. The van der Waals surface area contributed by atoms with Crippen molar-refractivity contribution in [1.29, 1.82) is 0 Å². The third-order valence-electron chi connectivity index (χ3n) is 2.13. The third kappa shape index (κ3) is 1.55. The Morgan fingerprint density at radius 2 is 1.41 bits per heavy atom. The van der Waals surface area contributed by atoms with Crippen molar-refractivity contribution in [3.63, 3.8) is 0 Å². The van der Waals surface area contributed by atoms with Crippen molar-refractivity contribution in [3.05, 3.63) is 27.2 Å². The van der Waals surface area contributed by atoms with Gasteiger partial charge in [-0.15, -0.1) is 0 Å². The summed E-state index contributed by atoms with van der Waals surface area (Å²) in [6.45, 7) is 0. The molecule has 0 amide bonds. The summed E-state index contributed by atoms with van der Waals surface area (Å²) in [4.78, 5) is -1.03. The van der Waals surface area contributed by atoms with Gasteiger partial charge in [0.1, 0.15) is 5.02 Å². The minimum atomic E-state index is -4.79. The van der Waals surface area contributed by atoms with E-state index in [0.29, 0.717) is 0 Å². The summed E-state index contributed by atoms with van der Waals surface area (Å²) in [5.41, 5.74) is -1.66. The van der Waals surface area contributed by atoms with Gasteiger partial charge in [-0.1, -0.05) is 23.2 Å². The number of hydrogen-bond donors (Lipinski definition) is 0. The summed E-state index contributed by atoms with van der Waals surface area (Å²) >= 11 is 9.63. The Labute approximate surface area is 105 Å². The van der Waals surface area contributed by atoms with Crippen molar-refractivity contribution in [2.24, 2.45) is 0 Å². The van der Waals surface area contributed by atoms with E-state index in [9.17, 15) is 26.3 Å². The highest BCUT2D eigenvalue weighted by molar-refractivity contribution is 8.00. The zero-order valence-corrected chi connectivity index (χ0v) is 9.76. The Balaban J connectivity index is 2.85. The van der Waals surface area contributed by atoms with Crippen molar-refractivity contribution >= 4 is 35.0 Å². The van der Waals surface area contributed by atoms with Crippen molar-refractivity contribution in [2.45, 2.75) is 16.1 Å². The van der Waals surface area contributed by atoms with E-state index in [1.165, 1.54) is 0 Å². The van der Waals surface area contributed by atoms with Crippen LogP contribution in [0, 0.1) is 11.6 Å². The molecule has 1 heterocycles. The average Bonchev–Trinajstić information content (AvgIpc) is 2.40. The zero-order chi connectivity index (χ0) is 13.2. The van der Waals surface area contributed by atoms with Gasteiger partial charge in [-0.25, -0.2) is 8.78 Å². The molecule has 0 unspecified atom stereocenters. The maximum Gasteiger partial charge on any atom is 0.365 e. The molecule has 0 saturated carbocycles. The van der Waals surface area contributed by atoms with E-state index < -0.39 is 55.1 Å². The van der Waals surface area contributed by atoms with E-state index >= 15 is 0 Å². The lowest BCUT2D eigenvalue weighted by atomic mass is 10.1. The van der Waals surface area contributed by atoms with E-state index in [2.05, 4.69) is 0 Å². The SMILES string of the molecule is Fc1c(Cl)c(F)c2c(c1Cl)SC(F)(F)C2(F)F. The summed E-state index contributed by atoms with van der Waals surface area (Å²) < 4.78 is 78.8. The van der Waals surface area contributed by atoms with Gasteiger partial charge in [-0.05, 0) is 11.8 Å². The van der Waals surface area contributed by atoms with Gasteiger partial charge < -0.3 is 0 Å². The molecule has 0 atom stereocenters. The predicted octanol–water partition coefficient (Wildman–Crippen LogP) is 5.06. The molecule has 1 aliphatic heterocycles. The van der Waals surface area contributed by atoms with Crippen molar-refractivity contribution in [2.75, 3.05) is 0 Å². The van der Waals surface area contributed by atoms with Gasteiger partial charge in [-0.3, -0.25) is 0 Å². The minimum Gasteiger partial charge on any atom is -0.205 e. The number of halogens is 8. The predicted molar refractivity (Wildman–Crippen MR) is 51.1 cm³/mol. The van der Waals surface area contributed by atoms with Gasteiger partial charge in [0.25, 0.3) is 0 Å². The first-order valence-electron chi connectivity index (χ1n) is 3.92. The van der Waals surface area contributed by atoms with Gasteiger partial charge in [0.2, 0.25) is 0 Å². The molecule has 0 N–H and O–H groups in total. The molecule has 1 aliphatic rings. The van der Waals surface area contributed by atoms with Crippen LogP contribution in [0.5, 0.6) is 0 Å². The highest BCUT2D eigenvalue weighted by Crippen LogP contribution is 2.63. The first kappa shape index (κ1) is 13.2. The van der Waals surface area contributed by atoms with Crippen LogP contribution >= 0.6 is 35.0 Å². The van der Waals surface area contributed by atoms with Crippen LogP contribution in [0.1, 0.15) is 5.56 Å². The lowest BCUT2D eigenvalue weighted by Gasteiger charge is -2.17. The highest BCUT2D eigenvalue weighted by Gasteiger charge is 2.66. The molecule has 2 rings (SSSR count). The van der Waals surface area contributed by atoms with Crippen molar-refractivity contribution in [1.82, 2.24) is 0 Å². The van der Waals surface area contributed by atoms with E-state index in [1.807, 2.05) is 0 Å². The number of thioether (sulfide) groups is 1. The fraction of sp³-hybridized carbons (Fsp3) is 0.250. The van der Waals surface area contributed by atoms with E-state index in [-0.39, 0.29) is 0 Å². The smallest absolute Gasteiger partial charge is 0.205 e. The Kier molecular flexibility index (Phi) is 2.80. The van der Waals surface area contributed by atoms with Crippen LogP contribution in [0.25, 0.3) is 0 Å². The van der Waals surface area contributed by atoms with Crippen molar-refractivity contribution in [3.8, 4) is 0 Å². The van der Waals surface area contributed by atoms with E-state index in [0.717, 1.165) is 0 Å². The standard InChI is InChI=1S/C8Cl2F6S/c9-2-4(11)1-6(3(10)5(2)12)17-8(15,16)7(1,13)14. The van der Waals surface area contributed by atoms with Crippen LogP contribution in [0.3, 0.4) is 0 Å². The van der Waals surface area contributed by atoms with Gasteiger partial charge >= 0.3 is 11.2 Å². The minimum absolute atomic E-state index is 0.690. The van der Waals surface area contributed by atoms with Crippen LogP contribution in [0.4, 0.5) is 26.3 Å². The first-order chi connectivity index (χ1) is 7.61. The Bertz CT molecular complexity index is 515. The molecule has 1 aromatic rings.